The van der Waals surface area contributed by atoms with Crippen molar-refractivity contribution in [2.24, 2.45) is 0 Å². The zero-order valence-electron chi connectivity index (χ0n) is 23.9. The zero-order chi connectivity index (χ0) is 31.2. The van der Waals surface area contributed by atoms with Crippen LogP contribution >= 0.6 is 0 Å². The third-order valence-electron chi connectivity index (χ3n) is 7.57. The fourth-order valence-corrected chi connectivity index (χ4v) is 5.67. The van der Waals surface area contributed by atoms with Crippen LogP contribution in [0.2, 0.25) is 0 Å². The summed E-state index contributed by atoms with van der Waals surface area (Å²) in [6.07, 6.45) is -3.82. The number of esters is 1. The molecule has 1 unspecified atom stereocenters. The molecule has 0 radical (unpaired) electrons. The van der Waals surface area contributed by atoms with E-state index >= 15 is 0 Å². The maximum Gasteiger partial charge on any atom is 0.490 e. The van der Waals surface area contributed by atoms with Gasteiger partial charge in [0.1, 0.15) is 24.5 Å². The fraction of sp³-hybridized carbons (Fsp3) is 0.433. The highest BCUT2D eigenvalue weighted by Gasteiger charge is 2.51. The van der Waals surface area contributed by atoms with Gasteiger partial charge in [0.25, 0.3) is 0 Å². The minimum atomic E-state index is -5.08. The van der Waals surface area contributed by atoms with Crippen LogP contribution in [0, 0.1) is 0 Å². The van der Waals surface area contributed by atoms with Crippen LogP contribution in [0.25, 0.3) is 10.9 Å². The number of benzene rings is 2. The molecule has 3 heterocycles. The molecule has 10 nitrogen and oxygen atoms in total. The minimum absolute atomic E-state index is 0.183. The summed E-state index contributed by atoms with van der Waals surface area (Å²) in [4.78, 5) is 42.4. The predicted molar refractivity (Wildman–Crippen MR) is 150 cm³/mol. The van der Waals surface area contributed by atoms with Crippen molar-refractivity contribution in [1.82, 2.24) is 14.8 Å². The van der Waals surface area contributed by atoms with E-state index < -0.39 is 23.7 Å². The number of likely N-dealkylation sites (tertiary alicyclic amines) is 1. The van der Waals surface area contributed by atoms with Gasteiger partial charge >= 0.3 is 18.1 Å². The number of aromatic amines is 1. The molecule has 2 aromatic carbocycles. The number of fused-ring (bicyclic) bond motifs is 4. The van der Waals surface area contributed by atoms with Gasteiger partial charge in [-0.25, -0.2) is 4.79 Å². The van der Waals surface area contributed by atoms with Crippen molar-refractivity contribution >= 4 is 28.7 Å². The molecule has 1 saturated heterocycles. The summed E-state index contributed by atoms with van der Waals surface area (Å²) in [5.41, 5.74) is 2.80. The number of carboxylic acid groups (broad SMARTS) is 1. The summed E-state index contributed by atoms with van der Waals surface area (Å²) in [6.45, 7) is 5.40. The lowest BCUT2D eigenvalue weighted by Gasteiger charge is -2.45. The van der Waals surface area contributed by atoms with Crippen LogP contribution in [0.3, 0.4) is 0 Å². The zero-order valence-corrected chi connectivity index (χ0v) is 23.9. The second-order valence-corrected chi connectivity index (χ2v) is 10.2. The van der Waals surface area contributed by atoms with Gasteiger partial charge in [0, 0.05) is 42.8 Å². The summed E-state index contributed by atoms with van der Waals surface area (Å²) in [5, 5.41) is 8.26. The number of amides is 1. The molecule has 0 aliphatic carbocycles. The van der Waals surface area contributed by atoms with E-state index in [0.29, 0.717) is 19.7 Å². The van der Waals surface area contributed by atoms with Gasteiger partial charge in [-0.15, -0.1) is 0 Å². The highest BCUT2D eigenvalue weighted by molar-refractivity contribution is 5.95. The molecule has 0 saturated carbocycles. The topological polar surface area (TPSA) is 121 Å². The van der Waals surface area contributed by atoms with Crippen LogP contribution in [0.15, 0.2) is 48.5 Å². The quantitative estimate of drug-likeness (QED) is 0.291. The maximum absolute atomic E-state index is 13.4. The van der Waals surface area contributed by atoms with E-state index in [1.165, 1.54) is 5.56 Å². The van der Waals surface area contributed by atoms with Crippen LogP contribution < -0.4 is 9.47 Å². The van der Waals surface area contributed by atoms with Crippen LogP contribution in [-0.2, 0) is 31.1 Å². The van der Waals surface area contributed by atoms with Crippen molar-refractivity contribution in [3.8, 4) is 11.5 Å². The minimum Gasteiger partial charge on any atom is -0.497 e. The number of rotatable bonds is 8. The van der Waals surface area contributed by atoms with Crippen molar-refractivity contribution in [1.29, 1.82) is 0 Å². The number of aliphatic carboxylic acids is 1. The number of halogens is 3. The van der Waals surface area contributed by atoms with Gasteiger partial charge in [0.15, 0.2) is 0 Å². The number of carbonyl (C=O) groups is 3. The smallest absolute Gasteiger partial charge is 0.490 e. The molecular weight excluding hydrogens is 571 g/mol. The van der Waals surface area contributed by atoms with Crippen molar-refractivity contribution < 1.29 is 46.9 Å². The van der Waals surface area contributed by atoms with Gasteiger partial charge in [-0.2, -0.15) is 13.2 Å². The molecule has 5 rings (SSSR count). The van der Waals surface area contributed by atoms with Gasteiger partial charge in [0.05, 0.1) is 19.3 Å². The molecule has 43 heavy (non-hydrogen) atoms. The summed E-state index contributed by atoms with van der Waals surface area (Å²) in [7, 11) is 1.67. The molecule has 2 aliphatic heterocycles. The van der Waals surface area contributed by atoms with E-state index in [9.17, 15) is 22.8 Å². The Kier molecular flexibility index (Phi) is 9.84. The Hall–Kier alpha value is -4.26. The number of nitrogens with one attached hydrogen (secondary N) is 1. The Labute approximate surface area is 246 Å². The lowest BCUT2D eigenvalue weighted by atomic mass is 9.83. The Morgan fingerprint density at radius 1 is 1.07 bits per heavy atom. The normalized spacial score (nSPS) is 18.1. The van der Waals surface area contributed by atoms with E-state index in [1.807, 2.05) is 47.4 Å². The highest BCUT2D eigenvalue weighted by atomic mass is 19.4. The van der Waals surface area contributed by atoms with E-state index in [-0.39, 0.29) is 18.9 Å². The molecular formula is C30H34F3N3O7. The third-order valence-corrected chi connectivity index (χ3v) is 7.57. The van der Waals surface area contributed by atoms with Gasteiger partial charge < -0.3 is 29.2 Å². The molecule has 1 amide bonds. The molecule has 232 valence electrons. The first-order chi connectivity index (χ1) is 20.5. The molecule has 1 aromatic heterocycles. The Bertz CT molecular complexity index is 1440. The highest BCUT2D eigenvalue weighted by Crippen LogP contribution is 2.45. The molecule has 2 aliphatic rings. The molecule has 3 aromatic rings. The second kappa shape index (κ2) is 13.4. The summed E-state index contributed by atoms with van der Waals surface area (Å²) >= 11 is 0. The molecule has 13 heteroatoms. The average molecular weight is 606 g/mol. The lowest BCUT2D eigenvalue weighted by Crippen LogP contribution is -2.55. The standard InChI is InChI=1S/C28H33N3O5.C2HF3O2/c1-3-35-26(33)18-25(32)31-13-11-22-23-17-21(34-2)9-10-24(23)29-27(22)28(31)12-14-30(19-28)15-16-36-20-7-5-4-6-8-20;3-2(4,5)1(6)7/h4-10,17,29H,3,11-16,18-19H2,1-2H3;(H,6,7). The van der Waals surface area contributed by atoms with Crippen molar-refractivity contribution in [3.05, 3.63) is 59.8 Å². The van der Waals surface area contributed by atoms with E-state index in [1.54, 1.807) is 14.0 Å². The van der Waals surface area contributed by atoms with E-state index in [0.717, 1.165) is 54.0 Å². The first-order valence-electron chi connectivity index (χ1n) is 13.8. The number of nitrogens with zero attached hydrogens (tertiary/aromatic N) is 2. The Morgan fingerprint density at radius 3 is 2.44 bits per heavy atom. The molecule has 2 N–H and O–H groups in total. The Morgan fingerprint density at radius 2 is 1.79 bits per heavy atom. The number of alkyl halides is 3. The van der Waals surface area contributed by atoms with Crippen molar-refractivity contribution in [3.63, 3.8) is 0 Å². The SMILES string of the molecule is CCOC(=O)CC(=O)N1CCc2c([nH]c3ccc(OC)cc23)C12CCN(CCOc1ccccc1)C2.O=C(O)C(F)(F)F. The number of ether oxygens (including phenoxy) is 3. The second-order valence-electron chi connectivity index (χ2n) is 10.2. The number of carboxylic acids is 1. The van der Waals surface area contributed by atoms with Crippen molar-refractivity contribution in [2.75, 3.05) is 46.5 Å². The van der Waals surface area contributed by atoms with Gasteiger partial charge in [0.2, 0.25) is 5.91 Å². The first-order valence-corrected chi connectivity index (χ1v) is 13.8. The first kappa shape index (κ1) is 31.7. The van der Waals surface area contributed by atoms with E-state index in [4.69, 9.17) is 24.1 Å². The lowest BCUT2D eigenvalue weighted by molar-refractivity contribution is -0.192. The number of para-hydroxylation sites is 1. The van der Waals surface area contributed by atoms with Gasteiger partial charge in [-0.3, -0.25) is 14.5 Å². The number of carbonyl (C=O) groups excluding carboxylic acids is 2. The van der Waals surface area contributed by atoms with Crippen LogP contribution in [0.1, 0.15) is 31.0 Å². The van der Waals surface area contributed by atoms with Crippen LogP contribution in [0.5, 0.6) is 11.5 Å². The number of H-pyrrole nitrogens is 1. The summed E-state index contributed by atoms with van der Waals surface area (Å²) < 4.78 is 48.2. The van der Waals surface area contributed by atoms with Crippen LogP contribution in [0.4, 0.5) is 13.2 Å². The van der Waals surface area contributed by atoms with Crippen molar-refractivity contribution in [2.45, 2.75) is 37.9 Å². The summed E-state index contributed by atoms with van der Waals surface area (Å²) in [6, 6.07) is 15.8. The predicted octanol–water partition coefficient (Wildman–Crippen LogP) is 4.13. The number of hydrogen-bond donors (Lipinski definition) is 2. The molecule has 1 atom stereocenters. The van der Waals surface area contributed by atoms with E-state index in [2.05, 4.69) is 16.0 Å². The summed E-state index contributed by atoms with van der Waals surface area (Å²) in [5.74, 6) is -1.76. The molecule has 0 bridgehead atoms. The average Bonchev–Trinajstić information content (AvgIpc) is 3.56. The number of aromatic nitrogens is 1. The fourth-order valence-electron chi connectivity index (χ4n) is 5.67. The van der Waals surface area contributed by atoms with Gasteiger partial charge in [-0.05, 0) is 55.7 Å². The van der Waals surface area contributed by atoms with Gasteiger partial charge in [-0.1, -0.05) is 18.2 Å². The molecule has 1 spiro atoms. The third kappa shape index (κ3) is 7.22. The molecule has 1 fully saturated rings. The van der Waals surface area contributed by atoms with Crippen LogP contribution in [-0.4, -0.2) is 90.4 Å². The largest absolute Gasteiger partial charge is 0.497 e. The number of hydrogen-bond acceptors (Lipinski definition) is 7. The monoisotopic (exact) mass is 605 g/mol. The number of methoxy groups -OCH3 is 1. The Balaban J connectivity index is 0.000000541. The maximum atomic E-state index is 13.4.